The summed E-state index contributed by atoms with van der Waals surface area (Å²) in [5, 5.41) is 3.98. The van der Waals surface area contributed by atoms with Crippen LogP contribution < -0.4 is 15.8 Å². The van der Waals surface area contributed by atoms with Crippen LogP contribution in [0.4, 0.5) is 11.4 Å². The second-order valence-electron chi connectivity index (χ2n) is 7.86. The van der Waals surface area contributed by atoms with Gasteiger partial charge in [-0.15, -0.1) is 11.3 Å². The van der Waals surface area contributed by atoms with Crippen LogP contribution in [0.15, 0.2) is 72.8 Å². The van der Waals surface area contributed by atoms with Gasteiger partial charge in [0, 0.05) is 17.8 Å². The minimum absolute atomic E-state index is 0.134. The maximum atomic E-state index is 12.7. The van der Waals surface area contributed by atoms with Crippen LogP contribution in [0, 0.1) is 0 Å². The highest BCUT2D eigenvalue weighted by molar-refractivity contribution is 7.20. The molecular formula is C26H27N3O2S. The van der Waals surface area contributed by atoms with Gasteiger partial charge in [-0.05, 0) is 66.4 Å². The number of hydrogen-bond acceptors (Lipinski definition) is 5. The lowest BCUT2D eigenvalue weighted by Crippen LogP contribution is -2.20. The number of nitrogens with two attached hydrogens (primary N) is 1. The molecule has 0 fully saturated rings. The molecule has 0 unspecified atom stereocenters. The number of carbonyl (C=O) groups excluding carboxylic acids is 1. The second kappa shape index (κ2) is 9.85. The maximum Gasteiger partial charge on any atom is 0.265 e. The number of amides is 1. The number of para-hydroxylation sites is 2. The van der Waals surface area contributed by atoms with Gasteiger partial charge in [-0.25, -0.2) is 0 Å². The van der Waals surface area contributed by atoms with Crippen molar-refractivity contribution in [2.45, 2.75) is 13.0 Å². The summed E-state index contributed by atoms with van der Waals surface area (Å²) in [5.74, 6) is 0.741. The van der Waals surface area contributed by atoms with Crippen molar-refractivity contribution in [2.75, 3.05) is 31.8 Å². The van der Waals surface area contributed by atoms with Gasteiger partial charge < -0.3 is 20.7 Å². The zero-order chi connectivity index (χ0) is 22.5. The van der Waals surface area contributed by atoms with E-state index in [9.17, 15) is 4.79 Å². The first-order valence-electron chi connectivity index (χ1n) is 10.5. The molecule has 5 nitrogen and oxygen atoms in total. The Labute approximate surface area is 192 Å². The van der Waals surface area contributed by atoms with Crippen molar-refractivity contribution in [1.29, 1.82) is 0 Å². The Morgan fingerprint density at radius 1 is 1.03 bits per heavy atom. The van der Waals surface area contributed by atoms with Gasteiger partial charge in [0.2, 0.25) is 0 Å². The third kappa shape index (κ3) is 5.28. The number of nitrogen functional groups attached to an aromatic ring is 1. The van der Waals surface area contributed by atoms with Crippen molar-refractivity contribution in [3.8, 4) is 5.75 Å². The predicted molar refractivity (Wildman–Crippen MR) is 134 cm³/mol. The van der Waals surface area contributed by atoms with Crippen molar-refractivity contribution in [2.24, 2.45) is 0 Å². The quantitative estimate of drug-likeness (QED) is 0.356. The molecule has 0 atom stereocenters. The SMILES string of the molecule is COc1ccc(CN(C)CCc2ccc3cc(C(=O)Nc4ccccc4N)sc3c2)cc1. The molecule has 0 bridgehead atoms. The van der Waals surface area contributed by atoms with Gasteiger partial charge in [-0.3, -0.25) is 4.79 Å². The number of thiophene rings is 1. The third-order valence-electron chi connectivity index (χ3n) is 5.41. The van der Waals surface area contributed by atoms with E-state index in [1.54, 1.807) is 19.2 Å². The van der Waals surface area contributed by atoms with E-state index in [1.165, 1.54) is 22.5 Å². The minimum atomic E-state index is -0.134. The van der Waals surface area contributed by atoms with Gasteiger partial charge in [0.25, 0.3) is 5.91 Å². The Kier molecular flexibility index (Phi) is 6.73. The summed E-state index contributed by atoms with van der Waals surface area (Å²) < 4.78 is 6.34. The number of methoxy groups -OCH3 is 1. The Morgan fingerprint density at radius 3 is 2.53 bits per heavy atom. The standard InChI is InChI=1S/C26H27N3O2S/c1-29(17-19-8-11-21(31-2)12-9-19)14-13-18-7-10-20-16-25(32-24(20)15-18)26(30)28-23-6-4-3-5-22(23)27/h3-12,15-16H,13-14,17,27H2,1-2H3,(H,28,30). The number of carbonyl (C=O) groups is 1. The molecule has 32 heavy (non-hydrogen) atoms. The highest BCUT2D eigenvalue weighted by Crippen LogP contribution is 2.28. The predicted octanol–water partition coefficient (Wildman–Crippen LogP) is 5.42. The zero-order valence-electron chi connectivity index (χ0n) is 18.3. The van der Waals surface area contributed by atoms with Crippen molar-refractivity contribution >= 4 is 38.7 Å². The van der Waals surface area contributed by atoms with E-state index < -0.39 is 0 Å². The van der Waals surface area contributed by atoms with Crippen LogP contribution in [0.1, 0.15) is 20.8 Å². The van der Waals surface area contributed by atoms with Crippen molar-refractivity contribution in [1.82, 2.24) is 4.90 Å². The number of anilines is 2. The average molecular weight is 446 g/mol. The first-order chi connectivity index (χ1) is 15.5. The van der Waals surface area contributed by atoms with Gasteiger partial charge in [0.05, 0.1) is 23.4 Å². The summed E-state index contributed by atoms with van der Waals surface area (Å²) in [4.78, 5) is 15.7. The molecule has 6 heteroatoms. The topological polar surface area (TPSA) is 67.6 Å². The summed E-state index contributed by atoms with van der Waals surface area (Å²) in [7, 11) is 3.81. The lowest BCUT2D eigenvalue weighted by molar-refractivity contribution is 0.103. The molecule has 0 aliphatic rings. The van der Waals surface area contributed by atoms with Crippen molar-refractivity contribution in [3.63, 3.8) is 0 Å². The molecule has 0 spiro atoms. The third-order valence-corrected chi connectivity index (χ3v) is 6.51. The molecule has 0 aliphatic carbocycles. The number of ether oxygens (including phenoxy) is 1. The molecule has 4 aromatic rings. The molecule has 1 heterocycles. The highest BCUT2D eigenvalue weighted by Gasteiger charge is 2.12. The number of fused-ring (bicyclic) bond motifs is 1. The van der Waals surface area contributed by atoms with E-state index in [2.05, 4.69) is 47.6 Å². The van der Waals surface area contributed by atoms with E-state index in [-0.39, 0.29) is 5.91 Å². The van der Waals surface area contributed by atoms with Crippen LogP contribution in [0.5, 0.6) is 5.75 Å². The molecule has 0 saturated heterocycles. The zero-order valence-corrected chi connectivity index (χ0v) is 19.1. The van der Waals surface area contributed by atoms with Gasteiger partial charge in [0.1, 0.15) is 5.75 Å². The van der Waals surface area contributed by atoms with Gasteiger partial charge >= 0.3 is 0 Å². The fourth-order valence-corrected chi connectivity index (χ4v) is 4.60. The molecule has 0 aliphatic heterocycles. The van der Waals surface area contributed by atoms with E-state index in [0.29, 0.717) is 16.3 Å². The molecule has 3 N–H and O–H groups in total. The largest absolute Gasteiger partial charge is 0.497 e. The summed E-state index contributed by atoms with van der Waals surface area (Å²) in [6.07, 6.45) is 0.947. The molecule has 1 amide bonds. The van der Waals surface area contributed by atoms with E-state index in [1.807, 2.05) is 30.3 Å². The van der Waals surface area contributed by atoms with Crippen molar-refractivity contribution < 1.29 is 9.53 Å². The molecule has 0 saturated carbocycles. The van der Waals surface area contributed by atoms with Crippen LogP contribution in [0.25, 0.3) is 10.1 Å². The lowest BCUT2D eigenvalue weighted by atomic mass is 10.1. The maximum absolute atomic E-state index is 12.7. The average Bonchev–Trinajstić information content (AvgIpc) is 3.23. The second-order valence-corrected chi connectivity index (χ2v) is 8.94. The molecule has 0 radical (unpaired) electrons. The molecule has 1 aromatic heterocycles. The fourth-order valence-electron chi connectivity index (χ4n) is 3.58. The van der Waals surface area contributed by atoms with Crippen LogP contribution in [0.2, 0.25) is 0 Å². The van der Waals surface area contributed by atoms with Crippen LogP contribution in [0.3, 0.4) is 0 Å². The fraction of sp³-hybridized carbons (Fsp3) is 0.192. The Morgan fingerprint density at radius 2 is 1.78 bits per heavy atom. The highest BCUT2D eigenvalue weighted by atomic mass is 32.1. The molecule has 3 aromatic carbocycles. The minimum Gasteiger partial charge on any atom is -0.497 e. The number of benzene rings is 3. The van der Waals surface area contributed by atoms with Gasteiger partial charge in [-0.1, -0.05) is 36.4 Å². The summed E-state index contributed by atoms with van der Waals surface area (Å²) >= 11 is 1.51. The number of rotatable bonds is 8. The number of nitrogens with zero attached hydrogens (tertiary/aromatic N) is 1. The Hall–Kier alpha value is -3.35. The first kappa shape index (κ1) is 21.9. The van der Waals surface area contributed by atoms with E-state index in [0.717, 1.165) is 35.3 Å². The van der Waals surface area contributed by atoms with E-state index in [4.69, 9.17) is 10.5 Å². The number of hydrogen-bond donors (Lipinski definition) is 2. The molecular weight excluding hydrogens is 418 g/mol. The van der Waals surface area contributed by atoms with E-state index >= 15 is 0 Å². The summed E-state index contributed by atoms with van der Waals surface area (Å²) in [5.41, 5.74) is 9.66. The van der Waals surface area contributed by atoms with Gasteiger partial charge in [-0.2, -0.15) is 0 Å². The van der Waals surface area contributed by atoms with Gasteiger partial charge in [0.15, 0.2) is 0 Å². The smallest absolute Gasteiger partial charge is 0.265 e. The lowest BCUT2D eigenvalue weighted by Gasteiger charge is -2.17. The monoisotopic (exact) mass is 445 g/mol. The molecule has 164 valence electrons. The first-order valence-corrected chi connectivity index (χ1v) is 11.3. The number of likely N-dealkylation sites (N-methyl/N-ethyl adjacent to an activating group) is 1. The number of nitrogens with one attached hydrogen (secondary N) is 1. The van der Waals surface area contributed by atoms with Crippen LogP contribution in [-0.4, -0.2) is 31.5 Å². The van der Waals surface area contributed by atoms with Crippen molar-refractivity contribution in [3.05, 3.63) is 88.8 Å². The van der Waals surface area contributed by atoms with Crippen LogP contribution in [-0.2, 0) is 13.0 Å². The Balaban J connectivity index is 1.38. The summed E-state index contributed by atoms with van der Waals surface area (Å²) in [6, 6.07) is 23.8. The Bertz CT molecular complexity index is 1220. The molecule has 4 rings (SSSR count). The summed E-state index contributed by atoms with van der Waals surface area (Å²) in [6.45, 7) is 1.84. The normalized spacial score (nSPS) is 11.1. The van der Waals surface area contributed by atoms with Crippen LogP contribution >= 0.6 is 11.3 Å².